The van der Waals surface area contributed by atoms with Crippen molar-refractivity contribution in [2.24, 2.45) is 0 Å². The Morgan fingerprint density at radius 3 is 3.00 bits per heavy atom. The largest absolute Gasteiger partial charge is 0.462 e. The zero-order valence-corrected chi connectivity index (χ0v) is 9.49. The predicted octanol–water partition coefficient (Wildman–Crippen LogP) is 3.06. The summed E-state index contributed by atoms with van der Waals surface area (Å²) in [7, 11) is 0. The van der Waals surface area contributed by atoms with Crippen LogP contribution in [0.25, 0.3) is 10.8 Å². The molecule has 0 atom stereocenters. The molecule has 1 aromatic carbocycles. The minimum absolute atomic E-state index is 0.322. The molecule has 0 aliphatic heterocycles. The first-order chi connectivity index (χ1) is 7.72. The van der Waals surface area contributed by atoms with Crippen molar-refractivity contribution in [1.82, 2.24) is 4.98 Å². The lowest BCUT2D eigenvalue weighted by atomic mass is 10.1. The number of halogens is 1. The lowest BCUT2D eigenvalue weighted by Gasteiger charge is -2.04. The standard InChI is InChI=1S/C12H10ClNO2/c1-2-16-12(15)9-3-4-10-8(7-9)5-6-14-11(10)13/h3-7H,2H2,1H3. The van der Waals surface area contributed by atoms with Gasteiger partial charge in [-0.2, -0.15) is 0 Å². The van der Waals surface area contributed by atoms with Crippen LogP contribution in [0.2, 0.25) is 5.15 Å². The first-order valence-corrected chi connectivity index (χ1v) is 5.31. The summed E-state index contributed by atoms with van der Waals surface area (Å²) in [4.78, 5) is 15.5. The zero-order valence-electron chi connectivity index (χ0n) is 8.74. The van der Waals surface area contributed by atoms with Gasteiger partial charge in [0.05, 0.1) is 12.2 Å². The van der Waals surface area contributed by atoms with Crippen molar-refractivity contribution in [2.75, 3.05) is 6.61 Å². The highest BCUT2D eigenvalue weighted by atomic mass is 35.5. The van der Waals surface area contributed by atoms with Crippen molar-refractivity contribution in [3.05, 3.63) is 41.2 Å². The number of pyridine rings is 1. The molecule has 0 aliphatic carbocycles. The Morgan fingerprint density at radius 1 is 1.44 bits per heavy atom. The summed E-state index contributed by atoms with van der Waals surface area (Å²) in [6, 6.07) is 7.02. The van der Waals surface area contributed by atoms with E-state index in [0.29, 0.717) is 17.3 Å². The number of carbonyl (C=O) groups excluding carboxylic acids is 1. The van der Waals surface area contributed by atoms with Gasteiger partial charge in [-0.3, -0.25) is 0 Å². The molecule has 0 spiro atoms. The molecule has 0 bridgehead atoms. The third-order valence-corrected chi connectivity index (χ3v) is 2.53. The van der Waals surface area contributed by atoms with Crippen molar-refractivity contribution in [2.45, 2.75) is 6.92 Å². The molecule has 16 heavy (non-hydrogen) atoms. The van der Waals surface area contributed by atoms with Gasteiger partial charge in [-0.05, 0) is 30.5 Å². The van der Waals surface area contributed by atoms with Crippen molar-refractivity contribution in [3.8, 4) is 0 Å². The molecule has 0 saturated carbocycles. The van der Waals surface area contributed by atoms with Crippen LogP contribution in [0.3, 0.4) is 0 Å². The molecule has 0 aliphatic rings. The third-order valence-electron chi connectivity index (χ3n) is 2.23. The number of nitrogens with zero attached hydrogens (tertiary/aromatic N) is 1. The van der Waals surface area contributed by atoms with Gasteiger partial charge in [0.2, 0.25) is 0 Å². The minimum atomic E-state index is -0.322. The summed E-state index contributed by atoms with van der Waals surface area (Å²) < 4.78 is 4.92. The highest BCUT2D eigenvalue weighted by molar-refractivity contribution is 6.34. The van der Waals surface area contributed by atoms with E-state index in [2.05, 4.69) is 4.98 Å². The molecule has 0 saturated heterocycles. The SMILES string of the molecule is CCOC(=O)c1ccc2c(Cl)nccc2c1. The predicted molar refractivity (Wildman–Crippen MR) is 62.7 cm³/mol. The number of benzene rings is 1. The molecular formula is C12H10ClNO2. The third kappa shape index (κ3) is 1.99. The number of carbonyl (C=O) groups is 1. The van der Waals surface area contributed by atoms with Crippen molar-refractivity contribution >= 4 is 28.3 Å². The second kappa shape index (κ2) is 4.49. The number of hydrogen-bond donors (Lipinski definition) is 0. The Kier molecular flexibility index (Phi) is 3.06. The quantitative estimate of drug-likeness (QED) is 0.593. The van der Waals surface area contributed by atoms with Gasteiger partial charge in [-0.15, -0.1) is 0 Å². The Bertz CT molecular complexity index is 540. The second-order valence-corrected chi connectivity index (χ2v) is 3.62. The van der Waals surface area contributed by atoms with Crippen LogP contribution in [0.1, 0.15) is 17.3 Å². The van der Waals surface area contributed by atoms with E-state index in [1.807, 2.05) is 6.07 Å². The topological polar surface area (TPSA) is 39.2 Å². The summed E-state index contributed by atoms with van der Waals surface area (Å²) >= 11 is 5.92. The maximum Gasteiger partial charge on any atom is 0.338 e. The summed E-state index contributed by atoms with van der Waals surface area (Å²) in [5.41, 5.74) is 0.525. The molecule has 0 unspecified atom stereocenters. The van der Waals surface area contributed by atoms with Crippen LogP contribution in [0.4, 0.5) is 0 Å². The number of hydrogen-bond acceptors (Lipinski definition) is 3. The van der Waals surface area contributed by atoms with E-state index in [4.69, 9.17) is 16.3 Å². The second-order valence-electron chi connectivity index (χ2n) is 3.26. The number of rotatable bonds is 2. The van der Waals surface area contributed by atoms with Gasteiger partial charge in [0.25, 0.3) is 0 Å². The molecule has 3 nitrogen and oxygen atoms in total. The Hall–Kier alpha value is -1.61. The molecule has 4 heteroatoms. The van der Waals surface area contributed by atoms with Crippen LogP contribution in [-0.4, -0.2) is 17.6 Å². The van der Waals surface area contributed by atoms with Crippen LogP contribution in [-0.2, 0) is 4.74 Å². The van der Waals surface area contributed by atoms with Crippen LogP contribution >= 0.6 is 11.6 Å². The fourth-order valence-electron chi connectivity index (χ4n) is 1.48. The number of ether oxygens (including phenoxy) is 1. The normalized spacial score (nSPS) is 10.4. The lowest BCUT2D eigenvalue weighted by Crippen LogP contribution is -2.04. The minimum Gasteiger partial charge on any atom is -0.462 e. The molecule has 82 valence electrons. The zero-order chi connectivity index (χ0) is 11.5. The Balaban J connectivity index is 2.48. The van der Waals surface area contributed by atoms with Crippen molar-refractivity contribution in [1.29, 1.82) is 0 Å². The van der Waals surface area contributed by atoms with Crippen molar-refractivity contribution in [3.63, 3.8) is 0 Å². The monoisotopic (exact) mass is 235 g/mol. The molecule has 2 rings (SSSR count). The maximum atomic E-state index is 11.5. The smallest absolute Gasteiger partial charge is 0.338 e. The van der Waals surface area contributed by atoms with Crippen LogP contribution < -0.4 is 0 Å². The molecule has 0 amide bonds. The highest BCUT2D eigenvalue weighted by Gasteiger charge is 2.08. The molecule has 1 aromatic heterocycles. The van der Waals surface area contributed by atoms with Crippen LogP contribution in [0.5, 0.6) is 0 Å². The number of aromatic nitrogens is 1. The highest BCUT2D eigenvalue weighted by Crippen LogP contribution is 2.22. The van der Waals surface area contributed by atoms with Gasteiger partial charge in [-0.25, -0.2) is 9.78 Å². The summed E-state index contributed by atoms with van der Waals surface area (Å²) in [6.07, 6.45) is 1.61. The molecule has 0 fully saturated rings. The molecule has 0 radical (unpaired) electrons. The van der Waals surface area contributed by atoms with E-state index in [-0.39, 0.29) is 5.97 Å². The van der Waals surface area contributed by atoms with Gasteiger partial charge < -0.3 is 4.74 Å². The van der Waals surface area contributed by atoms with E-state index >= 15 is 0 Å². The number of fused-ring (bicyclic) bond motifs is 1. The van der Waals surface area contributed by atoms with Gasteiger partial charge in [0, 0.05) is 11.6 Å². The van der Waals surface area contributed by atoms with Crippen molar-refractivity contribution < 1.29 is 9.53 Å². The van der Waals surface area contributed by atoms with Crippen LogP contribution in [0.15, 0.2) is 30.5 Å². The summed E-state index contributed by atoms with van der Waals surface area (Å²) in [6.45, 7) is 2.15. The molecule has 0 N–H and O–H groups in total. The van der Waals surface area contributed by atoms with Gasteiger partial charge >= 0.3 is 5.97 Å². The van der Waals surface area contributed by atoms with E-state index < -0.39 is 0 Å². The van der Waals surface area contributed by atoms with Gasteiger partial charge in [0.1, 0.15) is 5.15 Å². The van der Waals surface area contributed by atoms with E-state index in [1.165, 1.54) is 0 Å². The number of esters is 1. The first-order valence-electron chi connectivity index (χ1n) is 4.93. The van der Waals surface area contributed by atoms with E-state index in [0.717, 1.165) is 10.8 Å². The average Bonchev–Trinajstić information content (AvgIpc) is 2.29. The fourth-order valence-corrected chi connectivity index (χ4v) is 1.71. The molecule has 2 aromatic rings. The van der Waals surface area contributed by atoms with E-state index in [9.17, 15) is 4.79 Å². The average molecular weight is 236 g/mol. The Morgan fingerprint density at radius 2 is 2.25 bits per heavy atom. The summed E-state index contributed by atoms with van der Waals surface area (Å²) in [5, 5.41) is 2.15. The maximum absolute atomic E-state index is 11.5. The fraction of sp³-hybridized carbons (Fsp3) is 0.167. The summed E-state index contributed by atoms with van der Waals surface area (Å²) in [5.74, 6) is -0.322. The van der Waals surface area contributed by atoms with E-state index in [1.54, 1.807) is 31.3 Å². The molecular weight excluding hydrogens is 226 g/mol. The Labute approximate surface area is 98.0 Å². The van der Waals surface area contributed by atoms with Gasteiger partial charge in [0.15, 0.2) is 0 Å². The van der Waals surface area contributed by atoms with Gasteiger partial charge in [-0.1, -0.05) is 17.7 Å². The lowest BCUT2D eigenvalue weighted by molar-refractivity contribution is 0.0526. The first kappa shape index (κ1) is 10.9. The van der Waals surface area contributed by atoms with Crippen LogP contribution in [0, 0.1) is 0 Å². The molecule has 1 heterocycles.